The summed E-state index contributed by atoms with van der Waals surface area (Å²) in [5.41, 5.74) is 7.26. The Morgan fingerprint density at radius 2 is 2.15 bits per heavy atom. The van der Waals surface area contributed by atoms with E-state index in [2.05, 4.69) is 27.9 Å². The van der Waals surface area contributed by atoms with E-state index >= 15 is 0 Å². The van der Waals surface area contributed by atoms with Crippen molar-refractivity contribution in [2.75, 3.05) is 31.6 Å². The fourth-order valence-corrected chi connectivity index (χ4v) is 3.51. The smallest absolute Gasteiger partial charge is 0.196 e. The summed E-state index contributed by atoms with van der Waals surface area (Å²) in [6.07, 6.45) is 3.38. The van der Waals surface area contributed by atoms with E-state index < -0.39 is 0 Å². The van der Waals surface area contributed by atoms with Gasteiger partial charge in [-0.25, -0.2) is 0 Å². The lowest BCUT2D eigenvalue weighted by atomic mass is 9.89. The van der Waals surface area contributed by atoms with Crippen molar-refractivity contribution in [3.8, 4) is 0 Å². The van der Waals surface area contributed by atoms with Crippen LogP contribution in [0.4, 0.5) is 5.69 Å². The molecule has 1 saturated heterocycles. The molecular formula is C15H21ClN4. The molecule has 1 atom stereocenters. The first-order chi connectivity index (χ1) is 9.61. The van der Waals surface area contributed by atoms with Gasteiger partial charge in [0.15, 0.2) is 5.96 Å². The first-order valence-corrected chi connectivity index (χ1v) is 7.53. The SMILES string of the molecule is CN1CCCC2(CC1)CN=C(N)N2c1cccc(Cl)c1. The van der Waals surface area contributed by atoms with E-state index in [1.165, 1.54) is 6.42 Å². The Labute approximate surface area is 125 Å². The van der Waals surface area contributed by atoms with Gasteiger partial charge in [0.1, 0.15) is 0 Å². The highest BCUT2D eigenvalue weighted by molar-refractivity contribution is 6.31. The van der Waals surface area contributed by atoms with Crippen molar-refractivity contribution in [1.29, 1.82) is 0 Å². The predicted molar refractivity (Wildman–Crippen MR) is 84.5 cm³/mol. The van der Waals surface area contributed by atoms with E-state index in [0.717, 1.165) is 43.2 Å². The minimum atomic E-state index is 0.0273. The molecule has 0 bridgehead atoms. The van der Waals surface area contributed by atoms with Gasteiger partial charge in [0.25, 0.3) is 0 Å². The van der Waals surface area contributed by atoms with Crippen LogP contribution in [-0.4, -0.2) is 43.1 Å². The zero-order valence-electron chi connectivity index (χ0n) is 11.8. The number of anilines is 1. The van der Waals surface area contributed by atoms with Gasteiger partial charge in [-0.3, -0.25) is 4.99 Å². The Balaban J connectivity index is 1.95. The molecule has 2 aliphatic rings. The number of rotatable bonds is 1. The van der Waals surface area contributed by atoms with Crippen LogP contribution in [0.3, 0.4) is 0 Å². The number of halogens is 1. The molecule has 0 radical (unpaired) electrons. The topological polar surface area (TPSA) is 44.9 Å². The van der Waals surface area contributed by atoms with E-state index in [1.807, 2.05) is 18.2 Å². The lowest BCUT2D eigenvalue weighted by Gasteiger charge is -2.38. The Bertz CT molecular complexity index is 530. The van der Waals surface area contributed by atoms with Crippen molar-refractivity contribution in [2.45, 2.75) is 24.8 Å². The van der Waals surface area contributed by atoms with Crippen LogP contribution in [0.25, 0.3) is 0 Å². The van der Waals surface area contributed by atoms with Gasteiger partial charge in [0.05, 0.1) is 12.1 Å². The molecule has 1 spiro atoms. The summed E-state index contributed by atoms with van der Waals surface area (Å²) in [7, 11) is 2.18. The summed E-state index contributed by atoms with van der Waals surface area (Å²) >= 11 is 6.14. The highest BCUT2D eigenvalue weighted by atomic mass is 35.5. The molecule has 4 nitrogen and oxygen atoms in total. The molecular weight excluding hydrogens is 272 g/mol. The zero-order chi connectivity index (χ0) is 14.2. The van der Waals surface area contributed by atoms with Gasteiger partial charge in [0.2, 0.25) is 0 Å². The summed E-state index contributed by atoms with van der Waals surface area (Å²) < 4.78 is 0. The number of nitrogens with zero attached hydrogens (tertiary/aromatic N) is 3. The minimum Gasteiger partial charge on any atom is -0.369 e. The third-order valence-electron chi connectivity index (χ3n) is 4.45. The third kappa shape index (κ3) is 2.38. The Morgan fingerprint density at radius 1 is 1.30 bits per heavy atom. The number of hydrogen-bond donors (Lipinski definition) is 1. The van der Waals surface area contributed by atoms with Gasteiger partial charge < -0.3 is 15.5 Å². The standard InChI is InChI=1S/C15H21ClN4/c1-19-8-3-6-15(7-9-19)11-18-14(17)20(15)13-5-2-4-12(16)10-13/h2,4-5,10H,3,6-9,11H2,1H3,(H2,17,18). The average Bonchev–Trinajstić information content (AvgIpc) is 2.61. The van der Waals surface area contributed by atoms with E-state index in [9.17, 15) is 0 Å². The van der Waals surface area contributed by atoms with Gasteiger partial charge >= 0.3 is 0 Å². The summed E-state index contributed by atoms with van der Waals surface area (Å²) in [4.78, 5) is 9.12. The lowest BCUT2D eigenvalue weighted by molar-refractivity contribution is 0.334. The number of benzene rings is 1. The molecule has 2 heterocycles. The van der Waals surface area contributed by atoms with Gasteiger partial charge in [-0.05, 0) is 51.1 Å². The van der Waals surface area contributed by atoms with Crippen molar-refractivity contribution in [3.63, 3.8) is 0 Å². The van der Waals surface area contributed by atoms with Crippen LogP contribution in [0.1, 0.15) is 19.3 Å². The second kappa shape index (κ2) is 5.26. The molecule has 5 heteroatoms. The lowest BCUT2D eigenvalue weighted by Crippen LogP contribution is -2.52. The maximum Gasteiger partial charge on any atom is 0.196 e. The predicted octanol–water partition coefficient (Wildman–Crippen LogP) is 2.33. The molecule has 2 N–H and O–H groups in total. The molecule has 108 valence electrons. The van der Waals surface area contributed by atoms with Crippen molar-refractivity contribution >= 4 is 23.2 Å². The fourth-order valence-electron chi connectivity index (χ4n) is 3.33. The van der Waals surface area contributed by atoms with E-state index in [0.29, 0.717) is 5.96 Å². The van der Waals surface area contributed by atoms with E-state index in [4.69, 9.17) is 17.3 Å². The average molecular weight is 293 g/mol. The highest BCUT2D eigenvalue weighted by Gasteiger charge is 2.43. The summed E-state index contributed by atoms with van der Waals surface area (Å²) in [6, 6.07) is 7.91. The quantitative estimate of drug-likeness (QED) is 0.864. The third-order valence-corrected chi connectivity index (χ3v) is 4.68. The molecule has 1 aromatic rings. The number of hydrogen-bond acceptors (Lipinski definition) is 4. The molecule has 0 aliphatic carbocycles. The first kappa shape index (κ1) is 13.7. The maximum absolute atomic E-state index is 6.17. The molecule has 1 aromatic carbocycles. The van der Waals surface area contributed by atoms with Crippen LogP contribution in [0, 0.1) is 0 Å². The number of aliphatic imine (C=N–C) groups is 1. The second-order valence-electron chi connectivity index (χ2n) is 5.87. The Morgan fingerprint density at radius 3 is 2.95 bits per heavy atom. The van der Waals surface area contributed by atoms with Crippen molar-refractivity contribution in [3.05, 3.63) is 29.3 Å². The Kier molecular flexibility index (Phi) is 3.61. The number of nitrogens with two attached hydrogens (primary N) is 1. The van der Waals surface area contributed by atoms with Gasteiger partial charge in [-0.2, -0.15) is 0 Å². The molecule has 1 unspecified atom stereocenters. The molecule has 0 amide bonds. The van der Waals surface area contributed by atoms with Crippen molar-refractivity contribution in [2.24, 2.45) is 10.7 Å². The maximum atomic E-state index is 6.17. The normalized spacial score (nSPS) is 27.7. The fraction of sp³-hybridized carbons (Fsp3) is 0.533. The van der Waals surface area contributed by atoms with Gasteiger partial charge in [0, 0.05) is 17.3 Å². The largest absolute Gasteiger partial charge is 0.369 e. The van der Waals surface area contributed by atoms with Crippen LogP contribution in [0.5, 0.6) is 0 Å². The van der Waals surface area contributed by atoms with Crippen molar-refractivity contribution < 1.29 is 0 Å². The highest BCUT2D eigenvalue weighted by Crippen LogP contribution is 2.37. The van der Waals surface area contributed by atoms with Gasteiger partial charge in [-0.1, -0.05) is 17.7 Å². The Hall–Kier alpha value is -1.26. The van der Waals surface area contributed by atoms with Crippen LogP contribution < -0.4 is 10.6 Å². The van der Waals surface area contributed by atoms with Gasteiger partial charge in [-0.15, -0.1) is 0 Å². The molecule has 3 rings (SSSR count). The number of likely N-dealkylation sites (tertiary alicyclic amines) is 1. The summed E-state index contributed by atoms with van der Waals surface area (Å²) in [6.45, 7) is 3.02. The molecule has 1 fully saturated rings. The van der Waals surface area contributed by atoms with Crippen LogP contribution in [0.15, 0.2) is 29.3 Å². The van der Waals surface area contributed by atoms with Crippen LogP contribution in [-0.2, 0) is 0 Å². The first-order valence-electron chi connectivity index (χ1n) is 7.15. The van der Waals surface area contributed by atoms with Crippen LogP contribution >= 0.6 is 11.6 Å². The second-order valence-corrected chi connectivity index (χ2v) is 6.31. The monoisotopic (exact) mass is 292 g/mol. The molecule has 2 aliphatic heterocycles. The minimum absolute atomic E-state index is 0.0273. The van der Waals surface area contributed by atoms with Crippen LogP contribution in [0.2, 0.25) is 5.02 Å². The van der Waals surface area contributed by atoms with Crippen molar-refractivity contribution in [1.82, 2.24) is 4.90 Å². The molecule has 20 heavy (non-hydrogen) atoms. The summed E-state index contributed by atoms with van der Waals surface area (Å²) in [5.74, 6) is 0.622. The summed E-state index contributed by atoms with van der Waals surface area (Å²) in [5, 5.41) is 0.739. The zero-order valence-corrected chi connectivity index (χ0v) is 12.6. The molecule has 0 aromatic heterocycles. The van der Waals surface area contributed by atoms with E-state index in [1.54, 1.807) is 0 Å². The molecule has 0 saturated carbocycles. The number of guanidine groups is 1. The van der Waals surface area contributed by atoms with E-state index in [-0.39, 0.29) is 5.54 Å².